The van der Waals surface area contributed by atoms with Crippen molar-refractivity contribution < 1.29 is 18.7 Å². The largest absolute Gasteiger partial charge is 0.496 e. The lowest BCUT2D eigenvalue weighted by molar-refractivity contribution is 0.103. The van der Waals surface area contributed by atoms with E-state index >= 15 is 0 Å². The van der Waals surface area contributed by atoms with Crippen molar-refractivity contribution in [2.45, 2.75) is 13.2 Å². The van der Waals surface area contributed by atoms with Gasteiger partial charge in [-0.05, 0) is 39.2 Å². The number of fused-ring (bicyclic) bond motifs is 1. The molecule has 0 fully saturated rings. The van der Waals surface area contributed by atoms with Crippen molar-refractivity contribution in [1.82, 2.24) is 0 Å². The second-order valence-corrected chi connectivity index (χ2v) is 5.63. The smallest absolute Gasteiger partial charge is 0.196 e. The number of halogens is 2. The molecule has 5 heteroatoms. The Hall–Kier alpha value is -1.72. The maximum atomic E-state index is 13.5. The highest BCUT2D eigenvalue weighted by atomic mass is 79.9. The van der Waals surface area contributed by atoms with Gasteiger partial charge in [-0.2, -0.15) is 0 Å². The lowest BCUT2D eigenvalue weighted by Crippen LogP contribution is -2.05. The number of methoxy groups -OCH3 is 1. The second kappa shape index (κ2) is 5.58. The average Bonchev–Trinajstić information content (AvgIpc) is 2.96. The zero-order valence-electron chi connectivity index (χ0n) is 11.3. The quantitative estimate of drug-likeness (QED) is 0.788. The number of carbonyl (C=O) groups is 1. The Balaban J connectivity index is 2.04. The second-order valence-electron chi connectivity index (χ2n) is 4.77. The van der Waals surface area contributed by atoms with Crippen molar-refractivity contribution in [3.05, 3.63) is 62.9 Å². The van der Waals surface area contributed by atoms with Crippen molar-refractivity contribution in [2.75, 3.05) is 7.11 Å². The molecule has 1 heterocycles. The number of rotatable bonds is 3. The molecule has 2 aromatic carbocycles. The number of carbonyl (C=O) groups excluding carboxylic acids is 1. The summed E-state index contributed by atoms with van der Waals surface area (Å²) in [5.74, 6) is -0.453. The standard InChI is InChI=1S/C16H12BrFO3/c1-20-15-6-14(18)13(17)5-12(15)16(19)9-2-3-10-7-21-8-11(10)4-9/h2-6H,7-8H2,1H3. The highest BCUT2D eigenvalue weighted by Crippen LogP contribution is 2.29. The molecular weight excluding hydrogens is 339 g/mol. The van der Waals surface area contributed by atoms with Gasteiger partial charge < -0.3 is 9.47 Å². The average molecular weight is 351 g/mol. The Kier molecular flexibility index (Phi) is 3.78. The lowest BCUT2D eigenvalue weighted by atomic mass is 9.98. The van der Waals surface area contributed by atoms with E-state index in [-0.39, 0.29) is 16.0 Å². The van der Waals surface area contributed by atoms with E-state index in [2.05, 4.69) is 15.9 Å². The molecule has 0 atom stereocenters. The Morgan fingerprint density at radius 1 is 1.24 bits per heavy atom. The van der Waals surface area contributed by atoms with Gasteiger partial charge in [0.05, 0.1) is 30.4 Å². The van der Waals surface area contributed by atoms with Gasteiger partial charge in [-0.1, -0.05) is 12.1 Å². The van der Waals surface area contributed by atoms with Gasteiger partial charge in [0.2, 0.25) is 0 Å². The van der Waals surface area contributed by atoms with Crippen molar-refractivity contribution in [2.24, 2.45) is 0 Å². The maximum absolute atomic E-state index is 13.5. The first-order valence-corrected chi connectivity index (χ1v) is 7.16. The normalized spacial score (nSPS) is 13.1. The summed E-state index contributed by atoms with van der Waals surface area (Å²) in [5, 5.41) is 0. The fourth-order valence-electron chi connectivity index (χ4n) is 2.34. The van der Waals surface area contributed by atoms with Crippen molar-refractivity contribution >= 4 is 21.7 Å². The first kappa shape index (κ1) is 14.2. The first-order valence-electron chi connectivity index (χ1n) is 6.37. The fraction of sp³-hybridized carbons (Fsp3) is 0.188. The molecule has 0 radical (unpaired) electrons. The molecule has 1 aliphatic rings. The van der Waals surface area contributed by atoms with Gasteiger partial charge >= 0.3 is 0 Å². The predicted octanol–water partition coefficient (Wildman–Crippen LogP) is 3.86. The van der Waals surface area contributed by atoms with Gasteiger partial charge in [0.15, 0.2) is 5.78 Å². The summed E-state index contributed by atoms with van der Waals surface area (Å²) in [4.78, 5) is 12.6. The third-order valence-corrected chi connectivity index (χ3v) is 4.08. The summed E-state index contributed by atoms with van der Waals surface area (Å²) in [6, 6.07) is 8.11. The predicted molar refractivity (Wildman–Crippen MR) is 79.0 cm³/mol. The molecular formula is C16H12BrFO3. The summed E-state index contributed by atoms with van der Waals surface area (Å²) in [7, 11) is 1.41. The molecule has 3 rings (SSSR count). The van der Waals surface area contributed by atoms with Gasteiger partial charge in [-0.15, -0.1) is 0 Å². The molecule has 1 aliphatic heterocycles. The molecule has 0 saturated carbocycles. The van der Waals surface area contributed by atoms with Crippen LogP contribution in [-0.4, -0.2) is 12.9 Å². The third-order valence-electron chi connectivity index (χ3n) is 3.47. The van der Waals surface area contributed by atoms with Crippen LogP contribution in [0.2, 0.25) is 0 Å². The Labute approximate surface area is 129 Å². The lowest BCUT2D eigenvalue weighted by Gasteiger charge is -2.10. The van der Waals surface area contributed by atoms with Crippen molar-refractivity contribution in [3.63, 3.8) is 0 Å². The Morgan fingerprint density at radius 3 is 2.76 bits per heavy atom. The van der Waals surface area contributed by atoms with E-state index in [4.69, 9.17) is 9.47 Å². The molecule has 0 aromatic heterocycles. The summed E-state index contributed by atoms with van der Waals surface area (Å²) in [6.07, 6.45) is 0. The van der Waals surface area contributed by atoms with Crippen LogP contribution in [0, 0.1) is 5.82 Å². The van der Waals surface area contributed by atoms with E-state index in [9.17, 15) is 9.18 Å². The molecule has 3 nitrogen and oxygen atoms in total. The molecule has 0 N–H and O–H groups in total. The van der Waals surface area contributed by atoms with E-state index in [1.54, 1.807) is 6.07 Å². The first-order chi connectivity index (χ1) is 10.1. The highest BCUT2D eigenvalue weighted by molar-refractivity contribution is 9.10. The summed E-state index contributed by atoms with van der Waals surface area (Å²) < 4.78 is 24.2. The van der Waals surface area contributed by atoms with Gasteiger partial charge in [-0.3, -0.25) is 4.79 Å². The SMILES string of the molecule is COc1cc(F)c(Br)cc1C(=O)c1ccc2c(c1)COC2. The van der Waals surface area contributed by atoms with Gasteiger partial charge in [0, 0.05) is 11.6 Å². The molecule has 0 amide bonds. The number of benzene rings is 2. The molecule has 0 saturated heterocycles. The summed E-state index contributed by atoms with van der Waals surface area (Å²) in [5.41, 5.74) is 2.97. The van der Waals surface area contributed by atoms with Crippen LogP contribution in [0.25, 0.3) is 0 Å². The van der Waals surface area contributed by atoms with E-state index in [0.717, 1.165) is 11.1 Å². The van der Waals surface area contributed by atoms with Crippen LogP contribution in [0.3, 0.4) is 0 Å². The topological polar surface area (TPSA) is 35.5 Å². The minimum absolute atomic E-state index is 0.206. The molecule has 0 bridgehead atoms. The van der Waals surface area contributed by atoms with Crippen molar-refractivity contribution in [3.8, 4) is 5.75 Å². The zero-order chi connectivity index (χ0) is 15.0. The monoisotopic (exact) mass is 350 g/mol. The Morgan fingerprint density at radius 2 is 2.00 bits per heavy atom. The minimum atomic E-state index is -0.467. The summed E-state index contributed by atoms with van der Waals surface area (Å²) >= 11 is 3.10. The summed E-state index contributed by atoms with van der Waals surface area (Å²) in [6.45, 7) is 1.09. The van der Waals surface area contributed by atoms with Gasteiger partial charge in [0.25, 0.3) is 0 Å². The highest BCUT2D eigenvalue weighted by Gasteiger charge is 2.20. The van der Waals surface area contributed by atoms with Gasteiger partial charge in [-0.25, -0.2) is 4.39 Å². The number of hydrogen-bond donors (Lipinski definition) is 0. The fourth-order valence-corrected chi connectivity index (χ4v) is 2.69. The zero-order valence-corrected chi connectivity index (χ0v) is 12.9. The van der Waals surface area contributed by atoms with Crippen molar-refractivity contribution in [1.29, 1.82) is 0 Å². The molecule has 21 heavy (non-hydrogen) atoms. The maximum Gasteiger partial charge on any atom is 0.196 e. The van der Waals surface area contributed by atoms with Crippen LogP contribution >= 0.6 is 15.9 Å². The molecule has 0 unspecified atom stereocenters. The van der Waals surface area contributed by atoms with Gasteiger partial charge in [0.1, 0.15) is 11.6 Å². The molecule has 108 valence electrons. The van der Waals surface area contributed by atoms with Crippen LogP contribution in [0.5, 0.6) is 5.75 Å². The van der Waals surface area contributed by atoms with Crippen LogP contribution in [-0.2, 0) is 18.0 Å². The van der Waals surface area contributed by atoms with Crippen LogP contribution < -0.4 is 4.74 Å². The third kappa shape index (κ3) is 2.59. The van der Waals surface area contributed by atoms with E-state index in [1.807, 2.05) is 12.1 Å². The minimum Gasteiger partial charge on any atom is -0.496 e. The van der Waals surface area contributed by atoms with Crippen LogP contribution in [0.1, 0.15) is 27.0 Å². The molecule has 0 spiro atoms. The number of hydrogen-bond acceptors (Lipinski definition) is 3. The molecule has 2 aromatic rings. The van der Waals surface area contributed by atoms with Crippen LogP contribution in [0.4, 0.5) is 4.39 Å². The molecule has 0 aliphatic carbocycles. The Bertz CT molecular complexity index is 728. The van der Waals surface area contributed by atoms with E-state index in [0.29, 0.717) is 24.3 Å². The van der Waals surface area contributed by atoms with E-state index in [1.165, 1.54) is 19.2 Å². The number of ether oxygens (including phenoxy) is 2. The number of ketones is 1. The van der Waals surface area contributed by atoms with Crippen LogP contribution in [0.15, 0.2) is 34.8 Å². The van der Waals surface area contributed by atoms with E-state index < -0.39 is 5.82 Å².